The van der Waals surface area contributed by atoms with Gasteiger partial charge < -0.3 is 15.0 Å². The van der Waals surface area contributed by atoms with Crippen molar-refractivity contribution >= 4 is 27.7 Å². The van der Waals surface area contributed by atoms with E-state index in [1.165, 1.54) is 0 Å². The van der Waals surface area contributed by atoms with Gasteiger partial charge in [0.1, 0.15) is 11.8 Å². The molecule has 0 bridgehead atoms. The summed E-state index contributed by atoms with van der Waals surface area (Å²) < 4.78 is 6.56. The van der Waals surface area contributed by atoms with Crippen LogP contribution < -0.4 is 10.1 Å². The Morgan fingerprint density at radius 3 is 2.30 bits per heavy atom. The number of carbonyl (C=O) groups is 2. The number of hydrogen-bond acceptors (Lipinski definition) is 3. The van der Waals surface area contributed by atoms with Crippen molar-refractivity contribution in [3.63, 3.8) is 0 Å². The van der Waals surface area contributed by atoms with Gasteiger partial charge in [-0.25, -0.2) is 0 Å². The van der Waals surface area contributed by atoms with Crippen molar-refractivity contribution < 1.29 is 14.3 Å². The minimum Gasteiger partial charge on any atom is -0.484 e. The van der Waals surface area contributed by atoms with Crippen LogP contribution >= 0.6 is 15.9 Å². The van der Waals surface area contributed by atoms with Gasteiger partial charge in [0, 0.05) is 18.1 Å². The quantitative estimate of drug-likeness (QED) is 0.691. The number of amides is 2. The number of nitrogens with one attached hydrogen (secondary N) is 1. The van der Waals surface area contributed by atoms with E-state index in [1.54, 1.807) is 24.1 Å². The molecule has 2 aromatic rings. The molecule has 0 spiro atoms. The Labute approximate surface area is 168 Å². The van der Waals surface area contributed by atoms with E-state index in [9.17, 15) is 9.59 Å². The van der Waals surface area contributed by atoms with Crippen molar-refractivity contribution in [1.82, 2.24) is 10.2 Å². The average Bonchev–Trinajstić information content (AvgIpc) is 2.68. The molecule has 2 rings (SSSR count). The number of nitrogens with zero attached hydrogens (tertiary/aromatic N) is 1. The van der Waals surface area contributed by atoms with Gasteiger partial charge in [0.15, 0.2) is 6.61 Å². The number of halogens is 1. The van der Waals surface area contributed by atoms with Crippen LogP contribution in [0.3, 0.4) is 0 Å². The summed E-state index contributed by atoms with van der Waals surface area (Å²) in [5.41, 5.74) is 2.12. The zero-order chi connectivity index (χ0) is 19.8. The van der Waals surface area contributed by atoms with Gasteiger partial charge in [-0.1, -0.05) is 52.7 Å². The summed E-state index contributed by atoms with van der Waals surface area (Å²) in [6.07, 6.45) is 0.523. The largest absolute Gasteiger partial charge is 0.484 e. The van der Waals surface area contributed by atoms with E-state index in [0.29, 0.717) is 18.7 Å². The molecule has 0 fully saturated rings. The molecule has 6 heteroatoms. The lowest BCUT2D eigenvalue weighted by atomic mass is 10.1. The Balaban J connectivity index is 2.15. The maximum Gasteiger partial charge on any atom is 0.261 e. The van der Waals surface area contributed by atoms with Gasteiger partial charge in [0.2, 0.25) is 5.91 Å². The van der Waals surface area contributed by atoms with E-state index in [1.807, 2.05) is 50.2 Å². The molecule has 2 amide bonds. The second kappa shape index (κ2) is 10.1. The topological polar surface area (TPSA) is 58.6 Å². The van der Waals surface area contributed by atoms with Gasteiger partial charge in [-0.05, 0) is 43.2 Å². The molecular formula is C21H25BrN2O3. The molecule has 2 aromatic carbocycles. The van der Waals surface area contributed by atoms with E-state index in [2.05, 4.69) is 21.2 Å². The standard InChI is InChI=1S/C21H25BrN2O3/c1-4-19(21(26)23-3)24(13-16-7-5-15(2)6-8-16)20(25)14-27-18-11-9-17(22)10-12-18/h5-12,19H,4,13-14H2,1-3H3,(H,23,26)/t19-/m1/s1. The molecule has 5 nitrogen and oxygen atoms in total. The summed E-state index contributed by atoms with van der Waals surface area (Å²) in [6.45, 7) is 4.14. The monoisotopic (exact) mass is 432 g/mol. The Morgan fingerprint density at radius 1 is 1.11 bits per heavy atom. The first-order valence-corrected chi connectivity index (χ1v) is 9.68. The molecular weight excluding hydrogens is 408 g/mol. The van der Waals surface area contributed by atoms with Gasteiger partial charge in [-0.15, -0.1) is 0 Å². The number of likely N-dealkylation sites (N-methyl/N-ethyl adjacent to an activating group) is 1. The molecule has 0 unspecified atom stereocenters. The molecule has 0 aliphatic rings. The second-order valence-corrected chi connectivity index (χ2v) is 7.20. The Kier molecular flexibility index (Phi) is 7.85. The highest BCUT2D eigenvalue weighted by atomic mass is 79.9. The molecule has 0 heterocycles. The van der Waals surface area contributed by atoms with E-state index in [-0.39, 0.29) is 18.4 Å². The lowest BCUT2D eigenvalue weighted by Gasteiger charge is -2.30. The summed E-state index contributed by atoms with van der Waals surface area (Å²) in [5, 5.41) is 2.65. The molecule has 1 atom stereocenters. The van der Waals surface area contributed by atoms with Crippen molar-refractivity contribution in [3.05, 3.63) is 64.1 Å². The van der Waals surface area contributed by atoms with Gasteiger partial charge in [-0.2, -0.15) is 0 Å². The SMILES string of the molecule is CC[C@H](C(=O)NC)N(Cc1ccc(C)cc1)C(=O)COc1ccc(Br)cc1. The van der Waals surface area contributed by atoms with Crippen molar-refractivity contribution in [2.75, 3.05) is 13.7 Å². The number of carbonyl (C=O) groups excluding carboxylic acids is 2. The summed E-state index contributed by atoms with van der Waals surface area (Å²) in [6, 6.07) is 14.7. The fraction of sp³-hybridized carbons (Fsp3) is 0.333. The molecule has 0 aliphatic carbocycles. The second-order valence-electron chi connectivity index (χ2n) is 6.29. The van der Waals surface area contributed by atoms with Gasteiger partial charge >= 0.3 is 0 Å². The number of benzene rings is 2. The van der Waals surface area contributed by atoms with Crippen LogP contribution in [0.1, 0.15) is 24.5 Å². The highest BCUT2D eigenvalue weighted by molar-refractivity contribution is 9.10. The third kappa shape index (κ3) is 6.10. The van der Waals surface area contributed by atoms with Crippen LogP contribution in [-0.4, -0.2) is 36.4 Å². The number of rotatable bonds is 8. The maximum absolute atomic E-state index is 12.9. The van der Waals surface area contributed by atoms with Crippen LogP contribution in [0.25, 0.3) is 0 Å². The smallest absolute Gasteiger partial charge is 0.261 e. The predicted molar refractivity (Wildman–Crippen MR) is 110 cm³/mol. The Bertz CT molecular complexity index is 760. The summed E-state index contributed by atoms with van der Waals surface area (Å²) >= 11 is 3.37. The normalized spacial score (nSPS) is 11.6. The van der Waals surface area contributed by atoms with E-state index >= 15 is 0 Å². The molecule has 0 aliphatic heterocycles. The minimum absolute atomic E-state index is 0.124. The van der Waals surface area contributed by atoms with Crippen LogP contribution in [0.2, 0.25) is 0 Å². The number of aryl methyl sites for hydroxylation is 1. The summed E-state index contributed by atoms with van der Waals surface area (Å²) in [7, 11) is 1.58. The molecule has 27 heavy (non-hydrogen) atoms. The molecule has 1 N–H and O–H groups in total. The molecule has 144 valence electrons. The van der Waals surface area contributed by atoms with Gasteiger partial charge in [-0.3, -0.25) is 9.59 Å². The number of ether oxygens (including phenoxy) is 1. The highest BCUT2D eigenvalue weighted by Gasteiger charge is 2.28. The zero-order valence-electron chi connectivity index (χ0n) is 15.9. The predicted octanol–water partition coefficient (Wildman–Crippen LogP) is 3.69. The Hall–Kier alpha value is -2.34. The van der Waals surface area contributed by atoms with Crippen LogP contribution in [0.5, 0.6) is 5.75 Å². The fourth-order valence-corrected chi connectivity index (χ4v) is 3.00. The maximum atomic E-state index is 12.9. The van der Waals surface area contributed by atoms with E-state index < -0.39 is 6.04 Å². The summed E-state index contributed by atoms with van der Waals surface area (Å²) in [4.78, 5) is 26.8. The first kappa shape index (κ1) is 21.0. The molecule has 0 saturated heterocycles. The van der Waals surface area contributed by atoms with Crippen LogP contribution in [0, 0.1) is 6.92 Å². The molecule has 0 radical (unpaired) electrons. The fourth-order valence-electron chi connectivity index (χ4n) is 2.74. The summed E-state index contributed by atoms with van der Waals surface area (Å²) in [5.74, 6) is 0.199. The molecule has 0 aromatic heterocycles. The van der Waals surface area contributed by atoms with E-state index in [4.69, 9.17) is 4.74 Å². The third-order valence-corrected chi connectivity index (χ3v) is 4.81. The lowest BCUT2D eigenvalue weighted by Crippen LogP contribution is -2.49. The van der Waals surface area contributed by atoms with Gasteiger partial charge in [0.05, 0.1) is 0 Å². The zero-order valence-corrected chi connectivity index (χ0v) is 17.5. The third-order valence-electron chi connectivity index (χ3n) is 4.28. The van der Waals surface area contributed by atoms with Crippen LogP contribution in [0.4, 0.5) is 0 Å². The molecule has 0 saturated carbocycles. The lowest BCUT2D eigenvalue weighted by molar-refractivity contribution is -0.142. The minimum atomic E-state index is -0.544. The average molecular weight is 433 g/mol. The number of hydrogen-bond donors (Lipinski definition) is 1. The van der Waals surface area contributed by atoms with Crippen molar-refractivity contribution in [3.8, 4) is 5.75 Å². The van der Waals surface area contributed by atoms with Crippen molar-refractivity contribution in [1.29, 1.82) is 0 Å². The first-order valence-electron chi connectivity index (χ1n) is 8.89. The van der Waals surface area contributed by atoms with E-state index in [0.717, 1.165) is 15.6 Å². The van der Waals surface area contributed by atoms with Crippen LogP contribution in [0.15, 0.2) is 53.0 Å². The van der Waals surface area contributed by atoms with Gasteiger partial charge in [0.25, 0.3) is 5.91 Å². The Morgan fingerprint density at radius 2 is 1.74 bits per heavy atom. The van der Waals surface area contributed by atoms with Crippen molar-refractivity contribution in [2.24, 2.45) is 0 Å². The first-order chi connectivity index (χ1) is 12.9. The van der Waals surface area contributed by atoms with Crippen molar-refractivity contribution in [2.45, 2.75) is 32.9 Å². The highest BCUT2D eigenvalue weighted by Crippen LogP contribution is 2.17. The van der Waals surface area contributed by atoms with Crippen LogP contribution in [-0.2, 0) is 16.1 Å².